The number of hydrogen-bond donors (Lipinski definition) is 2. The fraction of sp³-hybridized carbons (Fsp3) is 0.941. The van der Waals surface area contributed by atoms with Gasteiger partial charge in [-0.15, -0.1) is 0 Å². The monoisotopic (exact) mass is 293 g/mol. The summed E-state index contributed by atoms with van der Waals surface area (Å²) in [6, 6.07) is 1.52. The Morgan fingerprint density at radius 2 is 2.00 bits per heavy atom. The molecule has 3 fully saturated rings. The normalized spacial score (nSPS) is 39.9. The predicted molar refractivity (Wildman–Crippen MR) is 85.1 cm³/mol. The van der Waals surface area contributed by atoms with Crippen LogP contribution in [0.15, 0.2) is 0 Å². The molecule has 0 saturated carbocycles. The largest absolute Gasteiger partial charge is 0.355 e. The molecule has 3 atom stereocenters. The molecule has 0 spiro atoms. The van der Waals surface area contributed by atoms with Crippen LogP contribution in [-0.4, -0.2) is 49.6 Å². The summed E-state index contributed by atoms with van der Waals surface area (Å²) in [6.45, 7) is 7.07. The molecule has 3 aliphatic heterocycles. The van der Waals surface area contributed by atoms with Crippen molar-refractivity contribution in [3.8, 4) is 0 Å². The van der Waals surface area contributed by atoms with E-state index in [-0.39, 0.29) is 11.3 Å². The molecule has 2 bridgehead atoms. The molecule has 4 nitrogen and oxygen atoms in total. The summed E-state index contributed by atoms with van der Waals surface area (Å²) in [7, 11) is 2.27. The third kappa shape index (κ3) is 2.72. The molecule has 21 heavy (non-hydrogen) atoms. The van der Waals surface area contributed by atoms with E-state index in [0.717, 1.165) is 38.1 Å². The third-order valence-electron chi connectivity index (χ3n) is 6.49. The van der Waals surface area contributed by atoms with Crippen molar-refractivity contribution >= 4 is 5.91 Å². The van der Waals surface area contributed by atoms with Crippen molar-refractivity contribution in [2.75, 3.05) is 26.7 Å². The van der Waals surface area contributed by atoms with Crippen LogP contribution in [0, 0.1) is 17.3 Å². The average molecular weight is 293 g/mol. The van der Waals surface area contributed by atoms with E-state index in [2.05, 4.69) is 36.4 Å². The number of amides is 1. The maximum atomic E-state index is 12.7. The number of fused-ring (bicyclic) bond motifs is 2. The van der Waals surface area contributed by atoms with E-state index in [1.807, 2.05) is 0 Å². The summed E-state index contributed by atoms with van der Waals surface area (Å²) < 4.78 is 0. The molecule has 3 rings (SSSR count). The van der Waals surface area contributed by atoms with Gasteiger partial charge in [-0.2, -0.15) is 0 Å². The maximum absolute atomic E-state index is 12.7. The lowest BCUT2D eigenvalue weighted by Gasteiger charge is -2.37. The van der Waals surface area contributed by atoms with Crippen molar-refractivity contribution in [1.29, 1.82) is 0 Å². The van der Waals surface area contributed by atoms with Crippen LogP contribution in [0.25, 0.3) is 0 Å². The van der Waals surface area contributed by atoms with E-state index in [9.17, 15) is 4.79 Å². The van der Waals surface area contributed by atoms with E-state index in [0.29, 0.717) is 11.8 Å². The van der Waals surface area contributed by atoms with Gasteiger partial charge in [0.1, 0.15) is 0 Å². The van der Waals surface area contributed by atoms with Gasteiger partial charge in [0.05, 0.1) is 5.41 Å². The number of nitrogens with zero attached hydrogens (tertiary/aromatic N) is 1. The Hall–Kier alpha value is -0.610. The van der Waals surface area contributed by atoms with Gasteiger partial charge in [-0.05, 0) is 57.5 Å². The first-order chi connectivity index (χ1) is 10.0. The molecule has 1 amide bonds. The highest BCUT2D eigenvalue weighted by Crippen LogP contribution is 2.38. The van der Waals surface area contributed by atoms with Crippen molar-refractivity contribution < 1.29 is 4.79 Å². The average Bonchev–Trinajstić information content (AvgIpc) is 3.01. The van der Waals surface area contributed by atoms with E-state index in [1.165, 1.54) is 25.7 Å². The fourth-order valence-electron chi connectivity index (χ4n) is 4.76. The molecule has 0 aliphatic carbocycles. The van der Waals surface area contributed by atoms with E-state index >= 15 is 0 Å². The van der Waals surface area contributed by atoms with Crippen LogP contribution in [0.4, 0.5) is 0 Å². The van der Waals surface area contributed by atoms with Crippen molar-refractivity contribution in [3.63, 3.8) is 0 Å². The van der Waals surface area contributed by atoms with Crippen LogP contribution in [-0.2, 0) is 4.79 Å². The molecule has 0 aromatic carbocycles. The van der Waals surface area contributed by atoms with Gasteiger partial charge in [-0.1, -0.05) is 13.8 Å². The Morgan fingerprint density at radius 3 is 2.52 bits per heavy atom. The minimum absolute atomic E-state index is 0.176. The zero-order valence-corrected chi connectivity index (χ0v) is 13.8. The standard InChI is InChI=1S/C17H31N3O/c1-12(2)17(6-7-18-11-17)16(21)19-10-13-8-14-4-5-15(9-13)20(14)3/h12-15,18H,4-11H2,1-3H3,(H,19,21). The Kier molecular flexibility index (Phi) is 4.28. The Balaban J connectivity index is 1.54. The first-order valence-electron chi connectivity index (χ1n) is 8.74. The molecule has 2 N–H and O–H groups in total. The Bertz CT molecular complexity index is 375. The highest BCUT2D eigenvalue weighted by Gasteiger charge is 2.44. The highest BCUT2D eigenvalue weighted by atomic mass is 16.2. The first-order valence-corrected chi connectivity index (χ1v) is 8.74. The minimum atomic E-state index is -0.176. The fourth-order valence-corrected chi connectivity index (χ4v) is 4.76. The zero-order valence-electron chi connectivity index (χ0n) is 13.8. The maximum Gasteiger partial charge on any atom is 0.227 e. The van der Waals surface area contributed by atoms with Gasteiger partial charge in [-0.3, -0.25) is 4.79 Å². The van der Waals surface area contributed by atoms with Gasteiger partial charge < -0.3 is 15.5 Å². The van der Waals surface area contributed by atoms with E-state index in [4.69, 9.17) is 0 Å². The quantitative estimate of drug-likeness (QED) is 0.828. The first kappa shape index (κ1) is 15.3. The molecule has 0 aromatic heterocycles. The summed E-state index contributed by atoms with van der Waals surface area (Å²) in [6.07, 6.45) is 6.21. The molecule has 0 radical (unpaired) electrons. The summed E-state index contributed by atoms with van der Waals surface area (Å²) >= 11 is 0. The Labute approximate surface area is 129 Å². The highest BCUT2D eigenvalue weighted by molar-refractivity contribution is 5.83. The van der Waals surface area contributed by atoms with E-state index < -0.39 is 0 Å². The lowest BCUT2D eigenvalue weighted by molar-refractivity contribution is -0.132. The number of carbonyl (C=O) groups excluding carboxylic acids is 1. The molecule has 120 valence electrons. The van der Waals surface area contributed by atoms with Gasteiger partial charge in [0.15, 0.2) is 0 Å². The summed E-state index contributed by atoms with van der Waals surface area (Å²) in [5.74, 6) is 1.37. The SMILES string of the molecule is CC(C)C1(C(=O)NCC2CC3CCC(C2)N3C)CCNC1. The van der Waals surface area contributed by atoms with Crippen molar-refractivity contribution in [3.05, 3.63) is 0 Å². The second-order valence-electron chi connectivity index (χ2n) is 7.84. The van der Waals surface area contributed by atoms with Crippen LogP contribution in [0.3, 0.4) is 0 Å². The van der Waals surface area contributed by atoms with Gasteiger partial charge in [-0.25, -0.2) is 0 Å². The number of carbonyl (C=O) groups is 1. The van der Waals surface area contributed by atoms with E-state index in [1.54, 1.807) is 0 Å². The van der Waals surface area contributed by atoms with Gasteiger partial charge in [0, 0.05) is 25.2 Å². The molecular formula is C17H31N3O. The van der Waals surface area contributed by atoms with Crippen molar-refractivity contribution in [2.24, 2.45) is 17.3 Å². The van der Waals surface area contributed by atoms with Crippen molar-refractivity contribution in [2.45, 2.75) is 58.0 Å². The second kappa shape index (κ2) is 5.88. The van der Waals surface area contributed by atoms with Crippen LogP contribution >= 0.6 is 0 Å². The number of nitrogens with one attached hydrogen (secondary N) is 2. The number of piperidine rings is 1. The molecule has 3 aliphatic rings. The second-order valence-corrected chi connectivity index (χ2v) is 7.84. The topological polar surface area (TPSA) is 44.4 Å². The van der Waals surface area contributed by atoms with Crippen LogP contribution in [0.1, 0.15) is 46.0 Å². The van der Waals surface area contributed by atoms with Crippen LogP contribution in [0.5, 0.6) is 0 Å². The minimum Gasteiger partial charge on any atom is -0.355 e. The summed E-state index contributed by atoms with van der Waals surface area (Å²) in [5, 5.41) is 6.68. The van der Waals surface area contributed by atoms with Crippen LogP contribution in [0.2, 0.25) is 0 Å². The molecule has 3 saturated heterocycles. The summed E-state index contributed by atoms with van der Waals surface area (Å²) in [4.78, 5) is 15.3. The number of rotatable bonds is 4. The number of hydrogen-bond acceptors (Lipinski definition) is 3. The molecule has 4 heteroatoms. The lowest BCUT2D eigenvalue weighted by Crippen LogP contribution is -2.49. The Morgan fingerprint density at radius 1 is 1.33 bits per heavy atom. The predicted octanol–water partition coefficient (Wildman–Crippen LogP) is 1.61. The molecule has 3 unspecified atom stereocenters. The molecule has 3 heterocycles. The lowest BCUT2D eigenvalue weighted by atomic mass is 9.75. The molecule has 0 aromatic rings. The van der Waals surface area contributed by atoms with Crippen LogP contribution < -0.4 is 10.6 Å². The van der Waals surface area contributed by atoms with Gasteiger partial charge >= 0.3 is 0 Å². The van der Waals surface area contributed by atoms with Gasteiger partial charge in [0.2, 0.25) is 5.91 Å². The summed E-state index contributed by atoms with van der Waals surface area (Å²) in [5.41, 5.74) is -0.176. The third-order valence-corrected chi connectivity index (χ3v) is 6.49. The molecular weight excluding hydrogens is 262 g/mol. The smallest absolute Gasteiger partial charge is 0.227 e. The zero-order chi connectivity index (χ0) is 15.0. The van der Waals surface area contributed by atoms with Crippen molar-refractivity contribution in [1.82, 2.24) is 15.5 Å². The van der Waals surface area contributed by atoms with Gasteiger partial charge in [0.25, 0.3) is 0 Å².